The Morgan fingerprint density at radius 2 is 1.86 bits per heavy atom. The van der Waals surface area contributed by atoms with Gasteiger partial charge in [0.15, 0.2) is 0 Å². The quantitative estimate of drug-likeness (QED) is 0.710. The second-order valence-electron chi connectivity index (χ2n) is 5.03. The maximum atomic E-state index is 13.8. The summed E-state index contributed by atoms with van der Waals surface area (Å²) in [7, 11) is 0. The molecule has 3 rings (SSSR count). The van der Waals surface area contributed by atoms with Gasteiger partial charge in [-0.2, -0.15) is 0 Å². The molecule has 0 amide bonds. The Bertz CT molecular complexity index is 769. The first-order valence-corrected chi connectivity index (χ1v) is 6.80. The molecule has 0 radical (unpaired) electrons. The van der Waals surface area contributed by atoms with Crippen LogP contribution in [0.4, 0.5) is 15.8 Å². The van der Waals surface area contributed by atoms with E-state index in [2.05, 4.69) is 17.2 Å². The lowest BCUT2D eigenvalue weighted by Crippen LogP contribution is -2.07. The molecule has 3 aromatic rings. The van der Waals surface area contributed by atoms with Crippen molar-refractivity contribution in [2.45, 2.75) is 13.0 Å². The predicted molar refractivity (Wildman–Crippen MR) is 84.6 cm³/mol. The number of nitrogen functional groups attached to an aromatic ring is 1. The summed E-state index contributed by atoms with van der Waals surface area (Å²) in [5, 5.41) is 4.18. The van der Waals surface area contributed by atoms with Crippen molar-refractivity contribution < 1.29 is 4.39 Å². The van der Waals surface area contributed by atoms with Gasteiger partial charge in [-0.3, -0.25) is 4.98 Å². The fourth-order valence-electron chi connectivity index (χ4n) is 2.37. The van der Waals surface area contributed by atoms with Crippen molar-refractivity contribution in [3.05, 3.63) is 66.1 Å². The topological polar surface area (TPSA) is 50.9 Å². The molecule has 21 heavy (non-hydrogen) atoms. The van der Waals surface area contributed by atoms with Crippen molar-refractivity contribution >= 4 is 22.3 Å². The number of rotatable bonds is 3. The van der Waals surface area contributed by atoms with Gasteiger partial charge in [0.05, 0.1) is 0 Å². The molecule has 106 valence electrons. The third-order valence-electron chi connectivity index (χ3n) is 3.53. The Hall–Kier alpha value is -2.62. The number of pyridine rings is 1. The van der Waals surface area contributed by atoms with Crippen LogP contribution in [0.25, 0.3) is 10.9 Å². The Balaban J connectivity index is 1.94. The van der Waals surface area contributed by atoms with E-state index in [0.717, 1.165) is 22.3 Å². The van der Waals surface area contributed by atoms with E-state index < -0.39 is 0 Å². The molecule has 0 aliphatic rings. The highest BCUT2D eigenvalue weighted by molar-refractivity contribution is 5.91. The molecule has 2 aromatic carbocycles. The van der Waals surface area contributed by atoms with Crippen molar-refractivity contribution in [1.29, 1.82) is 0 Å². The normalized spacial score (nSPS) is 12.3. The number of nitrogens with zero attached hydrogens (tertiary/aromatic N) is 1. The minimum atomic E-state index is -0.309. The summed E-state index contributed by atoms with van der Waals surface area (Å²) in [6.45, 7) is 2.05. The molecule has 1 aromatic heterocycles. The molecule has 0 aliphatic carbocycles. The van der Waals surface area contributed by atoms with Gasteiger partial charge in [-0.05, 0) is 36.8 Å². The third-order valence-corrected chi connectivity index (χ3v) is 3.53. The molecule has 0 spiro atoms. The number of halogens is 1. The second kappa shape index (κ2) is 5.40. The molecule has 1 atom stereocenters. The minimum Gasteiger partial charge on any atom is -0.399 e. The summed E-state index contributed by atoms with van der Waals surface area (Å²) in [6.07, 6.45) is 1.61. The van der Waals surface area contributed by atoms with Gasteiger partial charge in [-0.15, -0.1) is 0 Å². The molecule has 0 fully saturated rings. The molecule has 0 bridgehead atoms. The van der Waals surface area contributed by atoms with Gasteiger partial charge in [0.2, 0.25) is 0 Å². The van der Waals surface area contributed by atoms with E-state index in [4.69, 9.17) is 5.73 Å². The highest BCUT2D eigenvalue weighted by Crippen LogP contribution is 2.27. The van der Waals surface area contributed by atoms with Crippen LogP contribution in [-0.2, 0) is 0 Å². The zero-order valence-electron chi connectivity index (χ0n) is 11.7. The number of aromatic nitrogens is 1. The van der Waals surface area contributed by atoms with Crippen LogP contribution < -0.4 is 11.1 Å². The number of benzene rings is 2. The Morgan fingerprint density at radius 1 is 1.10 bits per heavy atom. The van der Waals surface area contributed by atoms with Crippen molar-refractivity contribution in [2.75, 3.05) is 11.1 Å². The number of nitrogens with one attached hydrogen (secondary N) is 1. The van der Waals surface area contributed by atoms with Gasteiger partial charge in [-0.25, -0.2) is 4.39 Å². The van der Waals surface area contributed by atoms with E-state index in [1.807, 2.05) is 36.4 Å². The maximum absolute atomic E-state index is 13.8. The summed E-state index contributed by atoms with van der Waals surface area (Å²) in [6, 6.07) is 14.6. The number of para-hydroxylation sites is 1. The Kier molecular flexibility index (Phi) is 3.44. The maximum Gasteiger partial charge on any atom is 0.149 e. The highest BCUT2D eigenvalue weighted by atomic mass is 19.1. The Morgan fingerprint density at radius 3 is 2.62 bits per heavy atom. The van der Waals surface area contributed by atoms with Crippen LogP contribution in [0, 0.1) is 5.82 Å². The summed E-state index contributed by atoms with van der Waals surface area (Å²) >= 11 is 0. The number of hydrogen-bond donors (Lipinski definition) is 2. The molecule has 0 aliphatic heterocycles. The fraction of sp³-hybridized carbons (Fsp3) is 0.118. The van der Waals surface area contributed by atoms with Gasteiger partial charge < -0.3 is 11.1 Å². The highest BCUT2D eigenvalue weighted by Gasteiger charge is 2.09. The van der Waals surface area contributed by atoms with Crippen molar-refractivity contribution in [3.63, 3.8) is 0 Å². The molecule has 4 heteroatoms. The van der Waals surface area contributed by atoms with Crippen LogP contribution in [0.2, 0.25) is 0 Å². The van der Waals surface area contributed by atoms with Crippen LogP contribution in [0.1, 0.15) is 18.5 Å². The van der Waals surface area contributed by atoms with Crippen LogP contribution in [0.5, 0.6) is 0 Å². The average Bonchev–Trinajstić information content (AvgIpc) is 2.49. The van der Waals surface area contributed by atoms with Gasteiger partial charge in [0.25, 0.3) is 0 Å². The van der Waals surface area contributed by atoms with Crippen LogP contribution in [-0.4, -0.2) is 4.98 Å². The number of nitrogens with two attached hydrogens (primary N) is 1. The summed E-state index contributed by atoms with van der Waals surface area (Å²) in [4.78, 5) is 4.10. The monoisotopic (exact) mass is 281 g/mol. The lowest BCUT2D eigenvalue weighted by molar-refractivity contribution is 0.637. The zero-order chi connectivity index (χ0) is 14.8. The minimum absolute atomic E-state index is 0.0828. The van der Waals surface area contributed by atoms with E-state index >= 15 is 0 Å². The number of hydrogen-bond acceptors (Lipinski definition) is 3. The van der Waals surface area contributed by atoms with Crippen LogP contribution in [0.3, 0.4) is 0 Å². The lowest BCUT2D eigenvalue weighted by atomic mass is 10.1. The summed E-state index contributed by atoms with van der Waals surface area (Å²) in [5.41, 5.74) is 8.80. The number of fused-ring (bicyclic) bond motifs is 1. The van der Waals surface area contributed by atoms with E-state index in [-0.39, 0.29) is 11.9 Å². The van der Waals surface area contributed by atoms with Gasteiger partial charge >= 0.3 is 0 Å². The molecule has 1 heterocycles. The van der Waals surface area contributed by atoms with Crippen LogP contribution in [0.15, 0.2) is 54.7 Å². The van der Waals surface area contributed by atoms with Gasteiger partial charge in [-0.1, -0.05) is 24.3 Å². The Labute approximate surface area is 122 Å². The van der Waals surface area contributed by atoms with Crippen LogP contribution >= 0.6 is 0 Å². The first-order valence-electron chi connectivity index (χ1n) is 6.80. The molecule has 0 saturated carbocycles. The average molecular weight is 281 g/mol. The predicted octanol–water partition coefficient (Wildman–Crippen LogP) is 4.13. The fourth-order valence-corrected chi connectivity index (χ4v) is 2.37. The summed E-state index contributed by atoms with van der Waals surface area (Å²) < 4.78 is 13.8. The van der Waals surface area contributed by atoms with Crippen molar-refractivity contribution in [2.24, 2.45) is 0 Å². The molecule has 3 N–H and O–H groups in total. The van der Waals surface area contributed by atoms with Gasteiger partial charge in [0, 0.05) is 29.0 Å². The van der Waals surface area contributed by atoms with E-state index in [0.29, 0.717) is 5.52 Å². The van der Waals surface area contributed by atoms with Crippen molar-refractivity contribution in [1.82, 2.24) is 4.98 Å². The number of anilines is 2. The molecule has 1 unspecified atom stereocenters. The first kappa shape index (κ1) is 13.4. The van der Waals surface area contributed by atoms with Crippen molar-refractivity contribution in [3.8, 4) is 0 Å². The smallest absolute Gasteiger partial charge is 0.149 e. The SMILES string of the molecule is CC(Nc1ccnc2c(F)cccc12)c1ccc(N)cc1. The standard InChI is InChI=1S/C17H16FN3/c1-11(12-5-7-13(19)8-6-12)21-16-9-10-20-17-14(16)3-2-4-15(17)18/h2-11H,19H2,1H3,(H,20,21). The van der Waals surface area contributed by atoms with E-state index in [1.165, 1.54) is 6.07 Å². The molecular weight excluding hydrogens is 265 g/mol. The summed E-state index contributed by atoms with van der Waals surface area (Å²) in [5.74, 6) is -0.309. The molecule has 3 nitrogen and oxygen atoms in total. The molecule has 0 saturated heterocycles. The molecular formula is C17H16FN3. The largest absolute Gasteiger partial charge is 0.399 e. The van der Waals surface area contributed by atoms with E-state index in [1.54, 1.807) is 12.3 Å². The van der Waals surface area contributed by atoms with Gasteiger partial charge in [0.1, 0.15) is 11.3 Å². The first-order chi connectivity index (χ1) is 10.1. The zero-order valence-corrected chi connectivity index (χ0v) is 11.7. The third kappa shape index (κ3) is 2.65. The van der Waals surface area contributed by atoms with E-state index in [9.17, 15) is 4.39 Å². The lowest BCUT2D eigenvalue weighted by Gasteiger charge is -2.17. The second-order valence-corrected chi connectivity index (χ2v) is 5.03.